The fourth-order valence-electron chi connectivity index (χ4n) is 2.06. The number of carbonyl (C=O) groups excluding carboxylic acids is 1. The predicted octanol–water partition coefficient (Wildman–Crippen LogP) is 2.99. The first-order chi connectivity index (χ1) is 11.0. The van der Waals surface area contributed by atoms with Gasteiger partial charge >= 0.3 is 6.09 Å². The zero-order valence-corrected chi connectivity index (χ0v) is 14.6. The number of hydrogen-bond acceptors (Lipinski definition) is 4. The highest BCUT2D eigenvalue weighted by Crippen LogP contribution is 2.23. The standard InChI is InChI=1S/C17H26F2N2O3/c1-11-5-6-12(15(18)19)7-13(11)9-21(10-14(22)8-20)16(23)24-17(2,3)4/h5-7,14-15,22H,8-10,20H2,1-4H3. The Morgan fingerprint density at radius 2 is 2.00 bits per heavy atom. The van der Waals surface area contributed by atoms with Crippen LogP contribution in [0.3, 0.4) is 0 Å². The number of nitrogens with zero attached hydrogens (tertiary/aromatic N) is 1. The third-order valence-electron chi connectivity index (χ3n) is 3.34. The van der Waals surface area contributed by atoms with Crippen LogP contribution >= 0.6 is 0 Å². The molecule has 1 aromatic carbocycles. The molecule has 0 heterocycles. The van der Waals surface area contributed by atoms with E-state index in [1.54, 1.807) is 33.8 Å². The van der Waals surface area contributed by atoms with Gasteiger partial charge in [0.15, 0.2) is 0 Å². The lowest BCUT2D eigenvalue weighted by atomic mass is 10.0. The average Bonchev–Trinajstić information content (AvgIpc) is 2.46. The molecule has 0 fully saturated rings. The minimum Gasteiger partial charge on any atom is -0.444 e. The number of alkyl halides is 2. The van der Waals surface area contributed by atoms with E-state index < -0.39 is 24.2 Å². The van der Waals surface area contributed by atoms with Crippen molar-refractivity contribution in [1.29, 1.82) is 0 Å². The lowest BCUT2D eigenvalue weighted by Crippen LogP contribution is -2.42. The summed E-state index contributed by atoms with van der Waals surface area (Å²) in [6.07, 6.45) is -4.14. The smallest absolute Gasteiger partial charge is 0.410 e. The largest absolute Gasteiger partial charge is 0.444 e. The number of aliphatic hydroxyl groups excluding tert-OH is 1. The van der Waals surface area contributed by atoms with E-state index >= 15 is 0 Å². The summed E-state index contributed by atoms with van der Waals surface area (Å²) in [4.78, 5) is 13.6. The molecule has 0 spiro atoms. The number of carbonyl (C=O) groups is 1. The van der Waals surface area contributed by atoms with Crippen molar-refractivity contribution in [3.63, 3.8) is 0 Å². The van der Waals surface area contributed by atoms with E-state index in [2.05, 4.69) is 0 Å². The normalized spacial score (nSPS) is 13.0. The SMILES string of the molecule is Cc1ccc(C(F)F)cc1CN(CC(O)CN)C(=O)OC(C)(C)C. The van der Waals surface area contributed by atoms with Gasteiger partial charge in [0, 0.05) is 18.7 Å². The van der Waals surface area contributed by atoms with E-state index in [1.165, 1.54) is 17.0 Å². The molecule has 5 nitrogen and oxygen atoms in total. The van der Waals surface area contributed by atoms with Crippen molar-refractivity contribution >= 4 is 6.09 Å². The summed E-state index contributed by atoms with van der Waals surface area (Å²) < 4.78 is 31.1. The molecule has 0 aromatic heterocycles. The number of halogens is 2. The zero-order chi connectivity index (χ0) is 18.5. The first-order valence-electron chi connectivity index (χ1n) is 7.77. The fraction of sp³-hybridized carbons (Fsp3) is 0.588. The first-order valence-corrected chi connectivity index (χ1v) is 7.77. The van der Waals surface area contributed by atoms with Gasteiger partial charge in [-0.1, -0.05) is 12.1 Å². The summed E-state index contributed by atoms with van der Waals surface area (Å²) in [6.45, 7) is 6.95. The molecule has 7 heteroatoms. The van der Waals surface area contributed by atoms with E-state index in [1.807, 2.05) is 0 Å². The van der Waals surface area contributed by atoms with Crippen LogP contribution in [0.1, 0.15) is 43.9 Å². The maximum Gasteiger partial charge on any atom is 0.410 e. The number of aryl methyl sites for hydroxylation is 1. The molecule has 1 unspecified atom stereocenters. The molecule has 0 saturated carbocycles. The number of amides is 1. The van der Waals surface area contributed by atoms with Crippen LogP contribution in [-0.4, -0.2) is 40.9 Å². The minimum absolute atomic E-state index is 0.0185. The molecule has 136 valence electrons. The molecule has 3 N–H and O–H groups in total. The predicted molar refractivity (Wildman–Crippen MR) is 87.8 cm³/mol. The molecule has 0 aliphatic heterocycles. The molecule has 1 rings (SSSR count). The molecular formula is C17H26F2N2O3. The van der Waals surface area contributed by atoms with Crippen molar-refractivity contribution in [3.05, 3.63) is 34.9 Å². The van der Waals surface area contributed by atoms with Crippen LogP contribution < -0.4 is 5.73 Å². The Balaban J connectivity index is 3.03. The highest BCUT2D eigenvalue weighted by atomic mass is 19.3. The summed E-state index contributed by atoms with van der Waals surface area (Å²) >= 11 is 0. The molecule has 0 aliphatic rings. The van der Waals surface area contributed by atoms with Crippen molar-refractivity contribution in [1.82, 2.24) is 4.90 Å². The van der Waals surface area contributed by atoms with Crippen LogP contribution in [0.5, 0.6) is 0 Å². The zero-order valence-electron chi connectivity index (χ0n) is 14.6. The number of nitrogens with two attached hydrogens (primary N) is 1. The second-order valence-electron chi connectivity index (χ2n) is 6.74. The average molecular weight is 344 g/mol. The topological polar surface area (TPSA) is 75.8 Å². The summed E-state index contributed by atoms with van der Waals surface area (Å²) in [5.74, 6) is 0. The molecule has 1 amide bonds. The van der Waals surface area contributed by atoms with Gasteiger partial charge < -0.3 is 20.5 Å². The van der Waals surface area contributed by atoms with Crippen molar-refractivity contribution < 1.29 is 23.4 Å². The van der Waals surface area contributed by atoms with E-state index in [0.29, 0.717) is 5.56 Å². The Kier molecular flexibility index (Phi) is 7.10. The third-order valence-corrected chi connectivity index (χ3v) is 3.34. The van der Waals surface area contributed by atoms with Gasteiger partial charge in [0.25, 0.3) is 6.43 Å². The van der Waals surface area contributed by atoms with Crippen molar-refractivity contribution in [2.75, 3.05) is 13.1 Å². The maximum absolute atomic E-state index is 12.9. The Morgan fingerprint density at radius 3 is 2.50 bits per heavy atom. The van der Waals surface area contributed by atoms with Gasteiger partial charge in [-0.2, -0.15) is 0 Å². The number of hydrogen-bond donors (Lipinski definition) is 2. The number of aliphatic hydroxyl groups is 1. The van der Waals surface area contributed by atoms with Crippen LogP contribution in [0.15, 0.2) is 18.2 Å². The molecular weight excluding hydrogens is 318 g/mol. The molecule has 0 radical (unpaired) electrons. The van der Waals surface area contributed by atoms with Crippen LogP contribution in [0.25, 0.3) is 0 Å². The Bertz CT molecular complexity index is 559. The van der Waals surface area contributed by atoms with Crippen molar-refractivity contribution in [3.8, 4) is 0 Å². The Morgan fingerprint density at radius 1 is 1.38 bits per heavy atom. The monoisotopic (exact) mass is 344 g/mol. The molecule has 1 atom stereocenters. The Hall–Kier alpha value is -1.73. The van der Waals surface area contributed by atoms with E-state index in [-0.39, 0.29) is 25.2 Å². The quantitative estimate of drug-likeness (QED) is 0.832. The number of ether oxygens (including phenoxy) is 1. The van der Waals surface area contributed by atoms with E-state index in [9.17, 15) is 18.7 Å². The van der Waals surface area contributed by atoms with Crippen LogP contribution in [0.4, 0.5) is 13.6 Å². The molecule has 0 aliphatic carbocycles. The summed E-state index contributed by atoms with van der Waals surface area (Å²) in [5, 5.41) is 9.77. The fourth-order valence-corrected chi connectivity index (χ4v) is 2.06. The van der Waals surface area contributed by atoms with Gasteiger partial charge in [-0.05, 0) is 44.9 Å². The molecule has 24 heavy (non-hydrogen) atoms. The third kappa shape index (κ3) is 6.41. The van der Waals surface area contributed by atoms with Crippen molar-refractivity contribution in [2.45, 2.75) is 52.4 Å². The van der Waals surface area contributed by atoms with E-state index in [4.69, 9.17) is 10.5 Å². The van der Waals surface area contributed by atoms with Gasteiger partial charge in [-0.15, -0.1) is 0 Å². The molecule has 0 saturated heterocycles. The number of rotatable bonds is 6. The highest BCUT2D eigenvalue weighted by Gasteiger charge is 2.24. The van der Waals surface area contributed by atoms with Crippen LogP contribution in [-0.2, 0) is 11.3 Å². The van der Waals surface area contributed by atoms with Gasteiger partial charge in [-0.3, -0.25) is 0 Å². The second kappa shape index (κ2) is 8.39. The van der Waals surface area contributed by atoms with Gasteiger partial charge in [0.1, 0.15) is 5.60 Å². The molecule has 0 bridgehead atoms. The Labute approximate surface area is 141 Å². The van der Waals surface area contributed by atoms with Crippen molar-refractivity contribution in [2.24, 2.45) is 5.73 Å². The van der Waals surface area contributed by atoms with Crippen LogP contribution in [0, 0.1) is 6.92 Å². The maximum atomic E-state index is 12.9. The highest BCUT2D eigenvalue weighted by molar-refractivity contribution is 5.68. The summed E-state index contributed by atoms with van der Waals surface area (Å²) in [6, 6.07) is 4.31. The van der Waals surface area contributed by atoms with E-state index in [0.717, 1.165) is 5.56 Å². The first kappa shape index (κ1) is 20.3. The minimum atomic E-state index is -2.59. The lowest BCUT2D eigenvalue weighted by Gasteiger charge is -2.29. The van der Waals surface area contributed by atoms with Gasteiger partial charge in [-0.25, -0.2) is 13.6 Å². The summed E-state index contributed by atoms with van der Waals surface area (Å²) in [7, 11) is 0. The molecule has 1 aromatic rings. The lowest BCUT2D eigenvalue weighted by molar-refractivity contribution is 0.0134. The second-order valence-corrected chi connectivity index (χ2v) is 6.74. The van der Waals surface area contributed by atoms with Gasteiger partial charge in [0.2, 0.25) is 0 Å². The van der Waals surface area contributed by atoms with Gasteiger partial charge in [0.05, 0.1) is 12.6 Å². The number of benzene rings is 1. The summed E-state index contributed by atoms with van der Waals surface area (Å²) in [5.41, 5.74) is 5.93. The van der Waals surface area contributed by atoms with Crippen LogP contribution in [0.2, 0.25) is 0 Å².